The number of amides is 1. The topological polar surface area (TPSA) is 41.9 Å². The maximum atomic E-state index is 14.1. The van der Waals surface area contributed by atoms with E-state index in [9.17, 15) is 18.0 Å². The van der Waals surface area contributed by atoms with Gasteiger partial charge in [0.1, 0.15) is 0 Å². The number of nitrogens with zero attached hydrogens (tertiary/aromatic N) is 2. The monoisotopic (exact) mass is 442 g/mol. The van der Waals surface area contributed by atoms with Crippen molar-refractivity contribution in [2.24, 2.45) is 5.16 Å². The number of carbonyl (C=O) groups is 1. The normalized spacial score (nSPS) is 21.0. The largest absolute Gasteiger partial charge is 0.435 e. The lowest BCUT2D eigenvalue weighted by molar-refractivity contribution is -0.275. The average molecular weight is 443 g/mol. The van der Waals surface area contributed by atoms with Crippen LogP contribution in [0, 0.1) is 0 Å². The molecule has 0 radical (unpaired) electrons. The summed E-state index contributed by atoms with van der Waals surface area (Å²) in [7, 11) is 0. The Morgan fingerprint density at radius 3 is 2.38 bits per heavy atom. The molecule has 0 saturated heterocycles. The van der Waals surface area contributed by atoms with Crippen LogP contribution < -0.4 is 0 Å². The van der Waals surface area contributed by atoms with Crippen molar-refractivity contribution in [3.63, 3.8) is 0 Å². The van der Waals surface area contributed by atoms with E-state index in [1.807, 2.05) is 0 Å². The highest BCUT2D eigenvalue weighted by Crippen LogP contribution is 2.49. The minimum absolute atomic E-state index is 0.0572. The van der Waals surface area contributed by atoms with Gasteiger partial charge in [-0.2, -0.15) is 13.2 Å². The molecule has 2 aliphatic heterocycles. The van der Waals surface area contributed by atoms with Crippen molar-refractivity contribution < 1.29 is 22.8 Å². The van der Waals surface area contributed by atoms with Crippen LogP contribution >= 0.6 is 23.2 Å². The lowest BCUT2D eigenvalue weighted by atomic mass is 9.86. The summed E-state index contributed by atoms with van der Waals surface area (Å²) in [6.45, 7) is 2.39. The molecule has 0 N–H and O–H groups in total. The molecule has 1 atom stereocenters. The van der Waals surface area contributed by atoms with Gasteiger partial charge in [0.05, 0.1) is 5.71 Å². The van der Waals surface area contributed by atoms with E-state index < -0.39 is 18.2 Å². The quantitative estimate of drug-likeness (QED) is 0.621. The predicted octanol–water partition coefficient (Wildman–Crippen LogP) is 5.44. The molecule has 1 amide bonds. The van der Waals surface area contributed by atoms with Gasteiger partial charge in [0.2, 0.25) is 5.91 Å². The maximum absolute atomic E-state index is 14.1. The molecule has 9 heteroatoms. The van der Waals surface area contributed by atoms with Crippen LogP contribution in [0.25, 0.3) is 0 Å². The molecule has 2 aromatic rings. The van der Waals surface area contributed by atoms with Crippen molar-refractivity contribution in [2.45, 2.75) is 38.2 Å². The van der Waals surface area contributed by atoms with Crippen molar-refractivity contribution in [1.29, 1.82) is 0 Å². The number of oxime groups is 1. The van der Waals surface area contributed by atoms with Gasteiger partial charge in [-0.25, -0.2) is 0 Å². The Bertz CT molecular complexity index is 1020. The van der Waals surface area contributed by atoms with Gasteiger partial charge in [-0.1, -0.05) is 40.5 Å². The number of halogens is 5. The molecule has 2 heterocycles. The average Bonchev–Trinajstić information content (AvgIpc) is 3.25. The molecule has 152 valence electrons. The summed E-state index contributed by atoms with van der Waals surface area (Å²) in [5.74, 6) is -0.0572. The number of alkyl halides is 3. The lowest BCUT2D eigenvalue weighted by Crippen LogP contribution is -2.42. The highest BCUT2D eigenvalue weighted by molar-refractivity contribution is 6.34. The van der Waals surface area contributed by atoms with Crippen molar-refractivity contribution >= 4 is 34.8 Å². The van der Waals surface area contributed by atoms with Gasteiger partial charge < -0.3 is 9.74 Å². The van der Waals surface area contributed by atoms with E-state index in [2.05, 4.69) is 5.16 Å². The van der Waals surface area contributed by atoms with Crippen LogP contribution in [0.4, 0.5) is 13.2 Å². The molecule has 29 heavy (non-hydrogen) atoms. The third kappa shape index (κ3) is 3.46. The predicted molar refractivity (Wildman–Crippen MR) is 103 cm³/mol. The second kappa shape index (κ2) is 6.92. The zero-order chi connectivity index (χ0) is 21.0. The van der Waals surface area contributed by atoms with E-state index in [1.54, 1.807) is 23.1 Å². The lowest BCUT2D eigenvalue weighted by Gasteiger charge is -2.29. The summed E-state index contributed by atoms with van der Waals surface area (Å²) in [4.78, 5) is 18.3. The first-order chi connectivity index (χ1) is 13.6. The number of carbonyl (C=O) groups excluding carboxylic acids is 1. The van der Waals surface area contributed by atoms with Gasteiger partial charge in [0.25, 0.3) is 5.60 Å². The Morgan fingerprint density at radius 1 is 1.10 bits per heavy atom. The standard InChI is InChI=1S/C20H15Cl2F3N2O2/c1-11(28)27-9-13-3-2-12(4-14(13)10-27)18-8-19(29-26-18,20(23,24)25)15-5-16(21)7-17(22)6-15/h2-7H,8-10H2,1H3. The van der Waals surface area contributed by atoms with Gasteiger partial charge >= 0.3 is 6.18 Å². The van der Waals surface area contributed by atoms with Crippen LogP contribution in [-0.2, 0) is 28.3 Å². The van der Waals surface area contributed by atoms with Crippen LogP contribution in [0.5, 0.6) is 0 Å². The Labute approximate surface area is 174 Å². The van der Waals surface area contributed by atoms with E-state index in [0.717, 1.165) is 11.1 Å². The SMILES string of the molecule is CC(=O)N1Cc2ccc(C3=NOC(c4cc(Cl)cc(Cl)c4)(C(F)(F)F)C3)cc2C1. The number of hydrogen-bond acceptors (Lipinski definition) is 3. The molecule has 2 aliphatic rings. The highest BCUT2D eigenvalue weighted by Gasteiger charge is 2.62. The first-order valence-corrected chi connectivity index (χ1v) is 9.51. The smallest absolute Gasteiger partial charge is 0.374 e. The van der Waals surface area contributed by atoms with Crippen LogP contribution in [0.3, 0.4) is 0 Å². The number of benzene rings is 2. The van der Waals surface area contributed by atoms with Crippen molar-refractivity contribution in [2.75, 3.05) is 0 Å². The van der Waals surface area contributed by atoms with E-state index in [0.29, 0.717) is 18.7 Å². The third-order valence-corrected chi connectivity index (χ3v) is 5.66. The van der Waals surface area contributed by atoms with Crippen LogP contribution in [0.1, 0.15) is 35.6 Å². The van der Waals surface area contributed by atoms with Crippen LogP contribution in [0.2, 0.25) is 10.0 Å². The Morgan fingerprint density at radius 2 is 1.76 bits per heavy atom. The number of rotatable bonds is 2. The molecule has 0 bridgehead atoms. The minimum Gasteiger partial charge on any atom is -0.374 e. The molecule has 1 unspecified atom stereocenters. The van der Waals surface area contributed by atoms with Gasteiger partial charge in [0.15, 0.2) is 0 Å². The zero-order valence-electron chi connectivity index (χ0n) is 15.2. The maximum Gasteiger partial charge on any atom is 0.435 e. The first-order valence-electron chi connectivity index (χ1n) is 8.75. The second-order valence-electron chi connectivity index (χ2n) is 7.15. The summed E-state index contributed by atoms with van der Waals surface area (Å²) in [6, 6.07) is 8.99. The summed E-state index contributed by atoms with van der Waals surface area (Å²) in [6.07, 6.45) is -5.25. The molecule has 0 aromatic heterocycles. The zero-order valence-corrected chi connectivity index (χ0v) is 16.7. The molecule has 0 aliphatic carbocycles. The Kier molecular flexibility index (Phi) is 4.78. The molecular formula is C20H15Cl2F3N2O2. The van der Waals surface area contributed by atoms with Crippen molar-refractivity contribution in [3.05, 3.63) is 68.7 Å². The fourth-order valence-electron chi connectivity index (χ4n) is 3.64. The molecular weight excluding hydrogens is 428 g/mol. The van der Waals surface area contributed by atoms with Crippen molar-refractivity contribution in [1.82, 2.24) is 4.90 Å². The van der Waals surface area contributed by atoms with Crippen molar-refractivity contribution in [3.8, 4) is 0 Å². The Balaban J connectivity index is 1.68. The first kappa shape index (κ1) is 20.0. The summed E-state index contributed by atoms with van der Waals surface area (Å²) < 4.78 is 42.3. The second-order valence-corrected chi connectivity index (χ2v) is 8.02. The molecule has 0 fully saturated rings. The summed E-state index contributed by atoms with van der Waals surface area (Å²) in [5.41, 5.74) is -0.328. The van der Waals surface area contributed by atoms with E-state index >= 15 is 0 Å². The van der Waals surface area contributed by atoms with Gasteiger partial charge in [-0.05, 0) is 41.0 Å². The molecule has 0 saturated carbocycles. The number of hydrogen-bond donors (Lipinski definition) is 0. The molecule has 2 aromatic carbocycles. The third-order valence-electron chi connectivity index (χ3n) is 5.22. The molecule has 4 rings (SSSR count). The van der Waals surface area contributed by atoms with Crippen LogP contribution in [-0.4, -0.2) is 22.7 Å². The summed E-state index contributed by atoms with van der Waals surface area (Å²) >= 11 is 11.8. The van der Waals surface area contributed by atoms with Gasteiger partial charge in [-0.3, -0.25) is 4.79 Å². The summed E-state index contributed by atoms with van der Waals surface area (Å²) in [5, 5.41) is 3.93. The Hall–Kier alpha value is -2.25. The van der Waals surface area contributed by atoms with E-state index in [4.69, 9.17) is 28.0 Å². The molecule has 0 spiro atoms. The van der Waals surface area contributed by atoms with E-state index in [1.165, 1.54) is 25.1 Å². The minimum atomic E-state index is -4.74. The van der Waals surface area contributed by atoms with Gasteiger partial charge in [-0.15, -0.1) is 0 Å². The number of fused-ring (bicyclic) bond motifs is 1. The van der Waals surface area contributed by atoms with Gasteiger partial charge in [0, 0.05) is 42.0 Å². The van der Waals surface area contributed by atoms with E-state index in [-0.39, 0.29) is 27.2 Å². The molecule has 4 nitrogen and oxygen atoms in total. The fraction of sp³-hybridized carbons (Fsp3) is 0.300. The fourth-order valence-corrected chi connectivity index (χ4v) is 4.17. The highest BCUT2D eigenvalue weighted by atomic mass is 35.5. The van der Waals surface area contributed by atoms with Crippen LogP contribution in [0.15, 0.2) is 41.6 Å².